The van der Waals surface area contributed by atoms with Crippen molar-refractivity contribution in [1.82, 2.24) is 3.97 Å². The van der Waals surface area contributed by atoms with E-state index in [0.29, 0.717) is 0 Å². The molecule has 3 nitrogen and oxygen atoms in total. The molecule has 92 valence electrons. The Labute approximate surface area is 105 Å². The fraction of sp³-hybridized carbons (Fsp3) is 0.727. The zero-order valence-corrected chi connectivity index (χ0v) is 11.7. The second-order valence-corrected chi connectivity index (χ2v) is 6.94. The number of nitrogens with zero attached hydrogens (tertiary/aromatic N) is 1. The maximum atomic E-state index is 11.4. The highest BCUT2D eigenvalue weighted by Crippen LogP contribution is 2.33. The molecule has 1 aromatic rings. The molecule has 0 saturated heterocycles. The number of aromatic nitrogens is 1. The van der Waals surface area contributed by atoms with Crippen LogP contribution in [0, 0.1) is 0 Å². The minimum Gasteiger partial charge on any atom is -0.493 e. The van der Waals surface area contributed by atoms with Gasteiger partial charge in [0, 0.05) is 4.75 Å². The van der Waals surface area contributed by atoms with Crippen LogP contribution in [0.15, 0.2) is 10.2 Å². The molecule has 5 heteroatoms. The highest BCUT2D eigenvalue weighted by atomic mass is 32.2. The first-order chi connectivity index (χ1) is 7.46. The third-order valence-corrected chi connectivity index (χ3v) is 4.42. The van der Waals surface area contributed by atoms with E-state index in [-0.39, 0.29) is 15.5 Å². The van der Waals surface area contributed by atoms with E-state index in [1.807, 2.05) is 0 Å². The summed E-state index contributed by atoms with van der Waals surface area (Å²) in [7, 11) is 0. The molecule has 0 aromatic carbocycles. The normalized spacial score (nSPS) is 11.9. The summed E-state index contributed by atoms with van der Waals surface area (Å²) in [6.45, 7) is 6.39. The first-order valence-electron chi connectivity index (χ1n) is 5.55. The molecule has 0 bridgehead atoms. The number of aromatic hydroxyl groups is 1. The van der Waals surface area contributed by atoms with E-state index in [1.54, 1.807) is 0 Å². The summed E-state index contributed by atoms with van der Waals surface area (Å²) >= 11 is 2.46. The Bertz CT molecular complexity index is 382. The van der Waals surface area contributed by atoms with Crippen LogP contribution >= 0.6 is 23.3 Å². The summed E-state index contributed by atoms with van der Waals surface area (Å²) in [5.74, 6) is 0.0589. The van der Waals surface area contributed by atoms with E-state index in [4.69, 9.17) is 0 Å². The van der Waals surface area contributed by atoms with Gasteiger partial charge in [-0.2, -0.15) is 0 Å². The van der Waals surface area contributed by atoms with Crippen molar-refractivity contribution in [3.05, 3.63) is 15.0 Å². The van der Waals surface area contributed by atoms with Gasteiger partial charge in [0.1, 0.15) is 0 Å². The molecular formula is C11H19NO2S2. The van der Waals surface area contributed by atoms with Crippen molar-refractivity contribution in [2.24, 2.45) is 0 Å². The van der Waals surface area contributed by atoms with Crippen molar-refractivity contribution in [1.29, 1.82) is 0 Å². The summed E-state index contributed by atoms with van der Waals surface area (Å²) in [5.41, 5.74) is 0. The summed E-state index contributed by atoms with van der Waals surface area (Å²) < 4.78 is 1.37. The number of hydrogen-bond donors (Lipinski definition) is 1. The van der Waals surface area contributed by atoms with E-state index in [1.165, 1.54) is 34.1 Å². The molecule has 0 aliphatic carbocycles. The van der Waals surface area contributed by atoms with Crippen LogP contribution < -0.4 is 4.87 Å². The Morgan fingerprint density at radius 2 is 2.19 bits per heavy atom. The van der Waals surface area contributed by atoms with E-state index in [9.17, 15) is 9.90 Å². The SMILES string of the molecule is CCCCCC(C)(C)Sn1c(O)csc1=O. The third-order valence-electron chi connectivity index (χ3n) is 2.36. The largest absolute Gasteiger partial charge is 0.493 e. The quantitative estimate of drug-likeness (QED) is 0.797. The van der Waals surface area contributed by atoms with Gasteiger partial charge in [0.2, 0.25) is 5.88 Å². The van der Waals surface area contributed by atoms with Crippen LogP contribution in [-0.2, 0) is 0 Å². The minimum absolute atomic E-state index is 0.0163. The number of thiazole rings is 1. The van der Waals surface area contributed by atoms with Gasteiger partial charge < -0.3 is 5.11 Å². The van der Waals surface area contributed by atoms with Gasteiger partial charge in [0.05, 0.1) is 5.38 Å². The van der Waals surface area contributed by atoms with Crippen molar-refractivity contribution >= 4 is 23.3 Å². The molecule has 16 heavy (non-hydrogen) atoms. The predicted molar refractivity (Wildman–Crippen MR) is 71.5 cm³/mol. The molecule has 0 fully saturated rings. The lowest BCUT2D eigenvalue weighted by molar-refractivity contribution is 0.449. The zero-order valence-electron chi connectivity index (χ0n) is 10.0. The average molecular weight is 261 g/mol. The van der Waals surface area contributed by atoms with Gasteiger partial charge in [0.25, 0.3) is 0 Å². The maximum absolute atomic E-state index is 11.4. The van der Waals surface area contributed by atoms with E-state index in [0.717, 1.165) is 24.2 Å². The summed E-state index contributed by atoms with van der Waals surface area (Å²) in [4.78, 5) is 11.3. The molecule has 0 aliphatic rings. The maximum Gasteiger partial charge on any atom is 0.320 e. The van der Waals surface area contributed by atoms with E-state index < -0.39 is 0 Å². The molecule has 1 aromatic heterocycles. The lowest BCUT2D eigenvalue weighted by atomic mass is 10.0. The molecule has 0 amide bonds. The van der Waals surface area contributed by atoms with E-state index >= 15 is 0 Å². The first-order valence-corrected chi connectivity index (χ1v) is 7.20. The monoisotopic (exact) mass is 261 g/mol. The Hall–Kier alpha value is -0.420. The number of unbranched alkanes of at least 4 members (excludes halogenated alkanes) is 2. The van der Waals surface area contributed by atoms with Gasteiger partial charge in [0.15, 0.2) is 0 Å². The molecule has 0 atom stereocenters. The summed E-state index contributed by atoms with van der Waals surface area (Å²) in [6.07, 6.45) is 4.63. The molecule has 0 saturated carbocycles. The number of rotatable bonds is 6. The Morgan fingerprint density at radius 1 is 1.50 bits per heavy atom. The molecule has 1 N–H and O–H groups in total. The van der Waals surface area contributed by atoms with Gasteiger partial charge in [-0.15, -0.1) is 0 Å². The predicted octanol–water partition coefficient (Wildman–Crippen LogP) is 3.47. The molecule has 0 radical (unpaired) electrons. The van der Waals surface area contributed by atoms with Gasteiger partial charge in [-0.05, 0) is 32.2 Å². The van der Waals surface area contributed by atoms with E-state index in [2.05, 4.69) is 20.8 Å². The molecule has 0 aliphatic heterocycles. The molecule has 1 rings (SSSR count). The second-order valence-electron chi connectivity index (χ2n) is 4.46. The summed E-state index contributed by atoms with van der Waals surface area (Å²) in [6, 6.07) is 0. The lowest BCUT2D eigenvalue weighted by Gasteiger charge is -2.23. The Balaban J connectivity index is 2.61. The van der Waals surface area contributed by atoms with Gasteiger partial charge in [-0.25, -0.2) is 3.97 Å². The standard InChI is InChI=1S/C11H19NO2S2/c1-4-5-6-7-11(2,3)16-12-9(13)8-15-10(12)14/h8,13H,4-7H2,1-3H3. The van der Waals surface area contributed by atoms with Gasteiger partial charge in [-0.3, -0.25) is 4.79 Å². The van der Waals surface area contributed by atoms with Crippen LogP contribution in [0.4, 0.5) is 0 Å². The smallest absolute Gasteiger partial charge is 0.320 e. The fourth-order valence-electron chi connectivity index (χ4n) is 1.47. The Kier molecular flexibility index (Phi) is 4.92. The van der Waals surface area contributed by atoms with Crippen molar-refractivity contribution < 1.29 is 5.11 Å². The lowest BCUT2D eigenvalue weighted by Crippen LogP contribution is -2.20. The summed E-state index contributed by atoms with van der Waals surface area (Å²) in [5, 5.41) is 11.0. The highest BCUT2D eigenvalue weighted by Gasteiger charge is 2.22. The van der Waals surface area contributed by atoms with Gasteiger partial charge in [-0.1, -0.05) is 37.5 Å². The molecule has 0 spiro atoms. The van der Waals surface area contributed by atoms with Crippen LogP contribution in [0.5, 0.6) is 5.88 Å². The topological polar surface area (TPSA) is 42.2 Å². The van der Waals surface area contributed by atoms with Crippen LogP contribution in [0.3, 0.4) is 0 Å². The molecule has 1 heterocycles. The van der Waals surface area contributed by atoms with Gasteiger partial charge >= 0.3 is 4.87 Å². The molecule has 0 unspecified atom stereocenters. The zero-order chi connectivity index (χ0) is 12.2. The Morgan fingerprint density at radius 3 is 2.69 bits per heavy atom. The highest BCUT2D eigenvalue weighted by molar-refractivity contribution is 7.99. The van der Waals surface area contributed by atoms with Crippen molar-refractivity contribution in [2.45, 2.75) is 51.2 Å². The second kappa shape index (κ2) is 5.77. The average Bonchev–Trinajstić information content (AvgIpc) is 2.49. The third kappa shape index (κ3) is 3.87. The molecular weight excluding hydrogens is 242 g/mol. The number of hydrogen-bond acceptors (Lipinski definition) is 4. The van der Waals surface area contributed by atoms with Crippen LogP contribution in [0.25, 0.3) is 0 Å². The van der Waals surface area contributed by atoms with Crippen molar-refractivity contribution in [3.63, 3.8) is 0 Å². The van der Waals surface area contributed by atoms with Crippen LogP contribution in [0.1, 0.15) is 46.5 Å². The minimum atomic E-state index is -0.105. The first kappa shape index (κ1) is 13.6. The van der Waals surface area contributed by atoms with Crippen molar-refractivity contribution in [3.8, 4) is 5.88 Å². The van der Waals surface area contributed by atoms with Crippen LogP contribution in [-0.4, -0.2) is 13.8 Å². The van der Waals surface area contributed by atoms with Crippen LogP contribution in [0.2, 0.25) is 0 Å². The van der Waals surface area contributed by atoms with Crippen molar-refractivity contribution in [2.75, 3.05) is 0 Å². The fourth-order valence-corrected chi connectivity index (χ4v) is 3.23.